The molecule has 2 bridgehead atoms. The molecule has 21 heavy (non-hydrogen) atoms. The summed E-state index contributed by atoms with van der Waals surface area (Å²) in [5.41, 5.74) is 0. The van der Waals surface area contributed by atoms with Crippen LogP contribution in [-0.4, -0.2) is 29.9 Å². The highest BCUT2D eigenvalue weighted by atomic mass is 32.2. The van der Waals surface area contributed by atoms with Gasteiger partial charge in [-0.3, -0.25) is 14.6 Å². The number of carbonyl (C=O) groups excluding carboxylic acids is 2. The Morgan fingerprint density at radius 2 is 2.24 bits per heavy atom. The van der Waals surface area contributed by atoms with Gasteiger partial charge in [-0.15, -0.1) is 0 Å². The first-order valence-corrected chi connectivity index (χ1v) is 7.06. The fourth-order valence-electron chi connectivity index (χ4n) is 3.66. The highest BCUT2D eigenvalue weighted by Crippen LogP contribution is 2.58. The zero-order valence-electron chi connectivity index (χ0n) is 10.5. The maximum absolute atomic E-state index is 13.2. The molecule has 0 aromatic rings. The predicted molar refractivity (Wildman–Crippen MR) is 58.7 cm³/mol. The Bertz CT molecular complexity index is 458. The van der Waals surface area contributed by atoms with Crippen LogP contribution in [-0.2, 0) is 28.4 Å². The van der Waals surface area contributed by atoms with Crippen molar-refractivity contribution in [2.75, 3.05) is 6.61 Å². The molecule has 0 radical (unpaired) electrons. The summed E-state index contributed by atoms with van der Waals surface area (Å²) in [6.07, 6.45) is 1.11. The van der Waals surface area contributed by atoms with Crippen molar-refractivity contribution in [1.29, 1.82) is 0 Å². The first-order chi connectivity index (χ1) is 9.93. The van der Waals surface area contributed by atoms with Gasteiger partial charge in [-0.2, -0.15) is 13.1 Å². The maximum Gasteiger partial charge on any atom is 0.354 e. The Labute approximate surface area is 121 Å². The van der Waals surface area contributed by atoms with Crippen LogP contribution in [0.4, 0.5) is 8.78 Å². The summed E-state index contributed by atoms with van der Waals surface area (Å²) >= 11 is -0.543. The van der Waals surface area contributed by atoms with E-state index in [0.717, 1.165) is 0 Å². The zero-order chi connectivity index (χ0) is 15.2. The molecule has 118 valence electrons. The fourth-order valence-corrected chi connectivity index (χ4v) is 3.90. The lowest BCUT2D eigenvalue weighted by Gasteiger charge is -2.23. The Kier molecular flexibility index (Phi) is 3.80. The van der Waals surface area contributed by atoms with Crippen LogP contribution in [0.15, 0.2) is 0 Å². The number of halogens is 2. The summed E-state index contributed by atoms with van der Waals surface area (Å²) in [5, 5.41) is 8.69. The minimum atomic E-state index is -3.61. The number of hydrogen-bond acceptors (Lipinski definition) is 8. The van der Waals surface area contributed by atoms with Crippen LogP contribution in [0.2, 0.25) is 0 Å². The van der Waals surface area contributed by atoms with Gasteiger partial charge in [-0.1, -0.05) is 0 Å². The molecule has 1 heterocycles. The summed E-state index contributed by atoms with van der Waals surface area (Å²) < 4.78 is 39.6. The zero-order valence-corrected chi connectivity index (χ0v) is 11.3. The van der Waals surface area contributed by atoms with Gasteiger partial charge in [0.1, 0.15) is 18.1 Å². The van der Waals surface area contributed by atoms with Gasteiger partial charge in [0, 0.05) is 5.92 Å². The number of ether oxygens (including phenoxy) is 2. The van der Waals surface area contributed by atoms with Crippen molar-refractivity contribution in [2.45, 2.75) is 24.2 Å². The Morgan fingerprint density at radius 1 is 1.48 bits per heavy atom. The summed E-state index contributed by atoms with van der Waals surface area (Å²) in [5.74, 6) is -2.66. The number of alkyl halides is 2. The van der Waals surface area contributed by atoms with Gasteiger partial charge in [0.15, 0.2) is 6.61 Å². The van der Waals surface area contributed by atoms with Gasteiger partial charge < -0.3 is 14.7 Å². The molecular weight excluding hydrogens is 314 g/mol. The summed E-state index contributed by atoms with van der Waals surface area (Å²) in [4.78, 5) is 23.7. The smallest absolute Gasteiger partial charge is 0.354 e. The van der Waals surface area contributed by atoms with Crippen LogP contribution in [0.25, 0.3) is 0 Å². The second-order valence-electron chi connectivity index (χ2n) is 5.39. The normalized spacial score (nSPS) is 36.9. The molecule has 5 atom stereocenters. The Balaban J connectivity index is 1.58. The third-order valence-corrected chi connectivity index (χ3v) is 4.81. The third kappa shape index (κ3) is 2.60. The number of fused-ring (bicyclic) bond motifs is 1. The van der Waals surface area contributed by atoms with Crippen molar-refractivity contribution in [3.63, 3.8) is 0 Å². The highest BCUT2D eigenvalue weighted by Gasteiger charge is 2.64. The molecule has 2 saturated carbocycles. The molecule has 1 saturated heterocycles. The lowest BCUT2D eigenvalue weighted by Crippen LogP contribution is -2.35. The standard InChI is InChI=1S/C11H12F2O7S/c12-11(13,21-20-19-16)3-17-9(14)7-4-1-5-6(2-4)18-10(15)8(5)7/h4-8,16H,1-3H2/p-1. The van der Waals surface area contributed by atoms with E-state index in [2.05, 4.69) is 14.1 Å². The second kappa shape index (κ2) is 5.34. The Morgan fingerprint density at radius 3 is 2.95 bits per heavy atom. The molecule has 2 aliphatic carbocycles. The monoisotopic (exact) mass is 325 g/mol. The van der Waals surface area contributed by atoms with Gasteiger partial charge in [0.2, 0.25) is 0 Å². The van der Waals surface area contributed by atoms with Crippen molar-refractivity contribution in [2.24, 2.45) is 23.7 Å². The van der Waals surface area contributed by atoms with Gasteiger partial charge in [0.25, 0.3) is 0 Å². The van der Waals surface area contributed by atoms with E-state index in [1.165, 1.54) is 0 Å². The molecule has 3 rings (SSSR count). The summed E-state index contributed by atoms with van der Waals surface area (Å²) in [6, 6.07) is 0. The number of carbonyl (C=O) groups is 2. The van der Waals surface area contributed by atoms with Crippen LogP contribution in [0, 0.1) is 23.7 Å². The lowest BCUT2D eigenvalue weighted by atomic mass is 9.80. The molecule has 0 N–H and O–H groups in total. The molecule has 0 aromatic heterocycles. The first-order valence-electron chi connectivity index (χ1n) is 6.32. The molecule has 1 aliphatic heterocycles. The second-order valence-corrected chi connectivity index (χ2v) is 6.29. The molecule has 5 unspecified atom stereocenters. The van der Waals surface area contributed by atoms with Gasteiger partial charge >= 0.3 is 17.2 Å². The molecule has 0 amide bonds. The number of hydrogen-bond donors (Lipinski definition) is 0. The number of esters is 2. The summed E-state index contributed by atoms with van der Waals surface area (Å²) in [7, 11) is 0. The van der Waals surface area contributed by atoms with E-state index < -0.39 is 47.7 Å². The van der Waals surface area contributed by atoms with E-state index in [4.69, 9.17) is 4.74 Å². The van der Waals surface area contributed by atoms with Crippen LogP contribution >= 0.6 is 12.0 Å². The summed E-state index contributed by atoms with van der Waals surface area (Å²) in [6.45, 7) is -1.26. The topological polar surface area (TPSA) is 94.1 Å². The van der Waals surface area contributed by atoms with Crippen LogP contribution in [0.3, 0.4) is 0 Å². The van der Waals surface area contributed by atoms with Gasteiger partial charge in [-0.05, 0) is 18.8 Å². The van der Waals surface area contributed by atoms with Crippen LogP contribution in [0.5, 0.6) is 0 Å². The van der Waals surface area contributed by atoms with Crippen molar-refractivity contribution >= 4 is 24.0 Å². The highest BCUT2D eigenvalue weighted by molar-refractivity contribution is 7.95. The van der Waals surface area contributed by atoms with Crippen molar-refractivity contribution < 1.29 is 42.5 Å². The van der Waals surface area contributed by atoms with Crippen LogP contribution in [0.1, 0.15) is 12.8 Å². The van der Waals surface area contributed by atoms with Crippen molar-refractivity contribution in [3.05, 3.63) is 0 Å². The van der Waals surface area contributed by atoms with Gasteiger partial charge in [-0.25, -0.2) is 0 Å². The van der Waals surface area contributed by atoms with E-state index in [0.29, 0.717) is 12.8 Å². The molecule has 0 aromatic carbocycles. The third-order valence-electron chi connectivity index (χ3n) is 4.32. The van der Waals surface area contributed by atoms with Gasteiger partial charge in [0.05, 0.1) is 11.8 Å². The van der Waals surface area contributed by atoms with E-state index in [1.54, 1.807) is 0 Å². The molecule has 7 nitrogen and oxygen atoms in total. The molecular formula is C11H11F2O7S-. The van der Waals surface area contributed by atoms with Crippen molar-refractivity contribution in [3.8, 4) is 0 Å². The molecule has 3 fully saturated rings. The van der Waals surface area contributed by atoms with E-state index in [1.807, 2.05) is 0 Å². The fraction of sp³-hybridized carbons (Fsp3) is 0.818. The average molecular weight is 325 g/mol. The molecule has 10 heteroatoms. The molecule has 0 spiro atoms. The largest absolute Gasteiger partial charge is 0.691 e. The van der Waals surface area contributed by atoms with E-state index in [9.17, 15) is 23.6 Å². The Hall–Kier alpha value is -0.970. The SMILES string of the molecule is O=C(OCC(F)(F)SOO[O-])C1C2CC3OC(=O)C1C3C2. The average Bonchev–Trinajstić information content (AvgIpc) is 3.04. The number of rotatable bonds is 6. The predicted octanol–water partition coefficient (Wildman–Crippen LogP) is 0.192. The molecule has 3 aliphatic rings. The quantitative estimate of drug-likeness (QED) is 0.296. The lowest BCUT2D eigenvalue weighted by molar-refractivity contribution is -0.777. The van der Waals surface area contributed by atoms with Crippen LogP contribution < -0.4 is 5.26 Å². The maximum atomic E-state index is 13.2. The van der Waals surface area contributed by atoms with E-state index >= 15 is 0 Å². The van der Waals surface area contributed by atoms with E-state index in [-0.39, 0.29) is 17.9 Å². The van der Waals surface area contributed by atoms with Crippen molar-refractivity contribution in [1.82, 2.24) is 0 Å². The minimum absolute atomic E-state index is 0.00729. The first kappa shape index (κ1) is 14.9. The minimum Gasteiger partial charge on any atom is -0.691 e.